The van der Waals surface area contributed by atoms with Gasteiger partial charge >= 0.3 is 5.97 Å². The third kappa shape index (κ3) is 5.43. The smallest absolute Gasteiger partial charge is 0.306 e. The number of hydrogen-bond acceptors (Lipinski definition) is 3. The summed E-state index contributed by atoms with van der Waals surface area (Å²) in [6, 6.07) is 0. The summed E-state index contributed by atoms with van der Waals surface area (Å²) < 4.78 is 23.6. The molecule has 1 saturated carbocycles. The lowest BCUT2D eigenvalue weighted by Crippen LogP contribution is -2.32. The normalized spacial score (nSPS) is 27.4. The Labute approximate surface area is 122 Å². The molecule has 1 aliphatic rings. The number of aliphatic carboxylic acids is 1. The number of hydrogen-bond donors (Lipinski definition) is 1. The van der Waals surface area contributed by atoms with Crippen LogP contribution < -0.4 is 0 Å². The number of sulfone groups is 1. The van der Waals surface area contributed by atoms with E-state index in [2.05, 4.69) is 6.92 Å². The van der Waals surface area contributed by atoms with Gasteiger partial charge in [0.2, 0.25) is 0 Å². The van der Waals surface area contributed by atoms with Gasteiger partial charge in [0.1, 0.15) is 9.84 Å². The van der Waals surface area contributed by atoms with Gasteiger partial charge in [-0.15, -0.1) is 0 Å². The molecule has 0 heterocycles. The molecule has 1 aliphatic carbocycles. The number of carboxylic acid groups (broad SMARTS) is 1. The van der Waals surface area contributed by atoms with E-state index in [1.165, 1.54) is 0 Å². The average molecular weight is 304 g/mol. The number of carbonyl (C=O) groups is 1. The van der Waals surface area contributed by atoms with Crippen LogP contribution in [0.2, 0.25) is 0 Å². The highest BCUT2D eigenvalue weighted by atomic mass is 32.2. The van der Waals surface area contributed by atoms with Crippen LogP contribution in [0.4, 0.5) is 0 Å². The summed E-state index contributed by atoms with van der Waals surface area (Å²) in [5, 5.41) is 9.31. The van der Waals surface area contributed by atoms with Crippen LogP contribution in [0, 0.1) is 17.8 Å². The highest BCUT2D eigenvalue weighted by Gasteiger charge is 2.35. The van der Waals surface area contributed by atoms with Gasteiger partial charge in [-0.1, -0.05) is 26.7 Å². The second-order valence-electron chi connectivity index (χ2n) is 6.11. The monoisotopic (exact) mass is 304 g/mol. The van der Waals surface area contributed by atoms with Crippen molar-refractivity contribution in [1.29, 1.82) is 0 Å². The molecule has 0 radical (unpaired) electrons. The van der Waals surface area contributed by atoms with Crippen LogP contribution >= 0.6 is 0 Å². The van der Waals surface area contributed by atoms with Gasteiger partial charge in [-0.2, -0.15) is 0 Å². The molecule has 5 heteroatoms. The Morgan fingerprint density at radius 2 is 1.80 bits per heavy atom. The van der Waals surface area contributed by atoms with Crippen LogP contribution in [-0.2, 0) is 14.6 Å². The van der Waals surface area contributed by atoms with Crippen LogP contribution in [0.15, 0.2) is 0 Å². The Bertz CT molecular complexity index is 402. The lowest BCUT2D eigenvalue weighted by molar-refractivity contribution is -0.145. The minimum atomic E-state index is -3.00. The van der Waals surface area contributed by atoms with Crippen molar-refractivity contribution >= 4 is 15.8 Å². The first-order chi connectivity index (χ1) is 9.39. The molecule has 1 fully saturated rings. The Balaban J connectivity index is 2.62. The molecule has 1 N–H and O–H groups in total. The topological polar surface area (TPSA) is 71.4 Å². The van der Waals surface area contributed by atoms with Crippen LogP contribution in [0.3, 0.4) is 0 Å². The number of rotatable bonds is 8. The van der Waals surface area contributed by atoms with E-state index in [0.29, 0.717) is 25.2 Å². The first kappa shape index (κ1) is 17.5. The van der Waals surface area contributed by atoms with E-state index in [1.807, 2.05) is 6.92 Å². The van der Waals surface area contributed by atoms with Gasteiger partial charge in [0.25, 0.3) is 0 Å². The molecule has 0 aromatic carbocycles. The van der Waals surface area contributed by atoms with Gasteiger partial charge in [-0.3, -0.25) is 4.79 Å². The van der Waals surface area contributed by atoms with Crippen molar-refractivity contribution in [2.24, 2.45) is 17.8 Å². The van der Waals surface area contributed by atoms with Gasteiger partial charge in [0.05, 0.1) is 11.7 Å². The van der Waals surface area contributed by atoms with Gasteiger partial charge in [-0.05, 0) is 43.9 Å². The van der Waals surface area contributed by atoms with E-state index in [4.69, 9.17) is 0 Å². The summed E-state index contributed by atoms with van der Waals surface area (Å²) in [6.07, 6.45) is 5.95. The van der Waals surface area contributed by atoms with Crippen molar-refractivity contribution in [2.75, 3.05) is 11.5 Å². The largest absolute Gasteiger partial charge is 0.481 e. The molecule has 3 atom stereocenters. The lowest BCUT2D eigenvalue weighted by Gasteiger charge is -2.34. The summed E-state index contributed by atoms with van der Waals surface area (Å²) in [7, 11) is -3.00. The van der Waals surface area contributed by atoms with E-state index >= 15 is 0 Å². The molecule has 0 saturated heterocycles. The fourth-order valence-corrected chi connectivity index (χ4v) is 4.91. The van der Waals surface area contributed by atoms with Gasteiger partial charge < -0.3 is 5.11 Å². The Morgan fingerprint density at radius 1 is 1.10 bits per heavy atom. The molecule has 0 bridgehead atoms. The zero-order valence-corrected chi connectivity index (χ0v) is 13.5. The highest BCUT2D eigenvalue weighted by Crippen LogP contribution is 2.38. The molecular weight excluding hydrogens is 276 g/mol. The van der Waals surface area contributed by atoms with Crippen LogP contribution in [0.1, 0.15) is 58.8 Å². The maximum absolute atomic E-state index is 11.8. The number of carboxylic acids is 1. The van der Waals surface area contributed by atoms with Gasteiger partial charge in [-0.25, -0.2) is 8.42 Å². The van der Waals surface area contributed by atoms with Crippen molar-refractivity contribution in [3.8, 4) is 0 Å². The molecule has 1 rings (SSSR count). The van der Waals surface area contributed by atoms with Crippen LogP contribution in [0.25, 0.3) is 0 Å². The molecule has 0 aromatic rings. The van der Waals surface area contributed by atoms with Crippen molar-refractivity contribution < 1.29 is 18.3 Å². The van der Waals surface area contributed by atoms with Crippen LogP contribution in [-0.4, -0.2) is 31.0 Å². The summed E-state index contributed by atoms with van der Waals surface area (Å²) >= 11 is 0. The third-order valence-electron chi connectivity index (χ3n) is 4.42. The molecule has 3 unspecified atom stereocenters. The minimum absolute atomic E-state index is 0.0319. The SMILES string of the molecule is CCCC1CCC(C(=O)O)C(CCS(=O)(=O)CCC)C1. The predicted molar refractivity (Wildman–Crippen MR) is 80.4 cm³/mol. The van der Waals surface area contributed by atoms with E-state index in [-0.39, 0.29) is 23.3 Å². The maximum atomic E-state index is 11.8. The second-order valence-corrected chi connectivity index (χ2v) is 8.42. The lowest BCUT2D eigenvalue weighted by atomic mass is 9.72. The van der Waals surface area contributed by atoms with Crippen molar-refractivity contribution in [1.82, 2.24) is 0 Å². The van der Waals surface area contributed by atoms with Crippen molar-refractivity contribution in [2.45, 2.75) is 58.8 Å². The first-order valence-corrected chi connectivity index (χ1v) is 9.65. The summed E-state index contributed by atoms with van der Waals surface area (Å²) in [4.78, 5) is 11.3. The Morgan fingerprint density at radius 3 is 2.35 bits per heavy atom. The predicted octanol–water partition coefficient (Wildman–Crippen LogP) is 3.12. The quantitative estimate of drug-likeness (QED) is 0.748. The third-order valence-corrected chi connectivity index (χ3v) is 6.31. The Hall–Kier alpha value is -0.580. The fraction of sp³-hybridized carbons (Fsp3) is 0.933. The highest BCUT2D eigenvalue weighted by molar-refractivity contribution is 7.91. The fourth-order valence-electron chi connectivity index (χ4n) is 3.42. The molecule has 0 amide bonds. The molecule has 4 nitrogen and oxygen atoms in total. The standard InChI is InChI=1S/C15H28O4S/c1-3-5-12-6-7-14(15(16)17)13(11-12)8-10-20(18,19)9-4-2/h12-14H,3-11H2,1-2H3,(H,16,17). The van der Waals surface area contributed by atoms with Crippen molar-refractivity contribution in [3.05, 3.63) is 0 Å². The minimum Gasteiger partial charge on any atom is -0.481 e. The molecule has 20 heavy (non-hydrogen) atoms. The molecular formula is C15H28O4S. The van der Waals surface area contributed by atoms with E-state index in [0.717, 1.165) is 25.7 Å². The average Bonchev–Trinajstić information content (AvgIpc) is 2.36. The van der Waals surface area contributed by atoms with Crippen LogP contribution in [0.5, 0.6) is 0 Å². The molecule has 118 valence electrons. The zero-order valence-electron chi connectivity index (χ0n) is 12.7. The zero-order chi connectivity index (χ0) is 15.2. The maximum Gasteiger partial charge on any atom is 0.306 e. The van der Waals surface area contributed by atoms with Gasteiger partial charge in [0, 0.05) is 5.75 Å². The second kappa shape index (κ2) is 8.01. The van der Waals surface area contributed by atoms with E-state index in [9.17, 15) is 18.3 Å². The molecule has 0 aliphatic heterocycles. The van der Waals surface area contributed by atoms with E-state index in [1.54, 1.807) is 0 Å². The Kier molecular flexibility index (Phi) is 7.00. The summed E-state index contributed by atoms with van der Waals surface area (Å²) in [5.41, 5.74) is 0. The van der Waals surface area contributed by atoms with Gasteiger partial charge in [0.15, 0.2) is 0 Å². The summed E-state index contributed by atoms with van der Waals surface area (Å²) in [6.45, 7) is 4.00. The molecule has 0 spiro atoms. The van der Waals surface area contributed by atoms with E-state index < -0.39 is 15.8 Å². The van der Waals surface area contributed by atoms with Crippen molar-refractivity contribution in [3.63, 3.8) is 0 Å². The summed E-state index contributed by atoms with van der Waals surface area (Å²) in [5.74, 6) is -0.124. The molecule has 0 aromatic heterocycles. The first-order valence-electron chi connectivity index (χ1n) is 7.82.